The third-order valence-corrected chi connectivity index (χ3v) is 4.49. The van der Waals surface area contributed by atoms with Crippen LogP contribution in [-0.4, -0.2) is 66.8 Å². The molecule has 0 aliphatic carbocycles. The van der Waals surface area contributed by atoms with Crippen molar-refractivity contribution in [2.45, 2.75) is 46.0 Å². The molecule has 1 rings (SSSR count). The van der Waals surface area contributed by atoms with Crippen molar-refractivity contribution in [1.82, 2.24) is 15.1 Å². The number of likely N-dealkylation sites (tertiary alicyclic amines) is 1. The van der Waals surface area contributed by atoms with Gasteiger partial charge >= 0.3 is 0 Å². The van der Waals surface area contributed by atoms with E-state index in [2.05, 4.69) is 5.32 Å². The van der Waals surface area contributed by atoms with Crippen molar-refractivity contribution in [3.8, 4) is 0 Å². The lowest BCUT2D eigenvalue weighted by molar-refractivity contribution is -0.135. The highest BCUT2D eigenvalue weighted by Gasteiger charge is 2.28. The average molecular weight is 340 g/mol. The Kier molecular flexibility index (Phi) is 9.37. The third-order valence-electron chi connectivity index (χ3n) is 4.49. The lowest BCUT2D eigenvalue weighted by Crippen LogP contribution is -2.46. The van der Waals surface area contributed by atoms with Gasteiger partial charge in [-0.2, -0.15) is 0 Å². The first-order valence-corrected chi connectivity index (χ1v) is 9.06. The quantitative estimate of drug-likeness (QED) is 0.632. The van der Waals surface area contributed by atoms with E-state index >= 15 is 0 Å². The third kappa shape index (κ3) is 6.47. The van der Waals surface area contributed by atoms with Crippen LogP contribution in [-0.2, 0) is 14.4 Å². The molecule has 1 aliphatic rings. The first-order chi connectivity index (χ1) is 11.5. The van der Waals surface area contributed by atoms with E-state index < -0.39 is 0 Å². The number of carbonyl (C=O) groups is 3. The second-order valence-electron chi connectivity index (χ2n) is 6.18. The van der Waals surface area contributed by atoms with E-state index in [1.807, 2.05) is 13.8 Å². The Hall–Kier alpha value is -1.63. The molecule has 138 valence electrons. The summed E-state index contributed by atoms with van der Waals surface area (Å²) in [5, 5.41) is 2.79. The van der Waals surface area contributed by atoms with Crippen molar-refractivity contribution in [2.75, 3.05) is 39.3 Å². The SMILES string of the molecule is CCN(CC)C(=O)CCCC(=O)N1CCCC(C(=O)NCCN)C1. The van der Waals surface area contributed by atoms with Gasteiger partial charge in [0.05, 0.1) is 5.92 Å². The molecule has 7 nitrogen and oxygen atoms in total. The van der Waals surface area contributed by atoms with Gasteiger partial charge < -0.3 is 20.9 Å². The van der Waals surface area contributed by atoms with Crippen molar-refractivity contribution < 1.29 is 14.4 Å². The summed E-state index contributed by atoms with van der Waals surface area (Å²) in [6.07, 6.45) is 2.98. The number of nitrogens with zero attached hydrogens (tertiary/aromatic N) is 2. The van der Waals surface area contributed by atoms with E-state index in [1.165, 1.54) is 0 Å². The summed E-state index contributed by atoms with van der Waals surface area (Å²) in [5.41, 5.74) is 5.39. The van der Waals surface area contributed by atoms with Gasteiger partial charge in [-0.25, -0.2) is 0 Å². The molecule has 0 radical (unpaired) electrons. The molecule has 1 unspecified atom stereocenters. The van der Waals surface area contributed by atoms with Crippen molar-refractivity contribution in [1.29, 1.82) is 0 Å². The van der Waals surface area contributed by atoms with Crippen LogP contribution in [0.4, 0.5) is 0 Å². The van der Waals surface area contributed by atoms with E-state index in [-0.39, 0.29) is 23.6 Å². The van der Waals surface area contributed by atoms with Crippen molar-refractivity contribution >= 4 is 17.7 Å². The predicted octanol–water partition coefficient (Wildman–Crippen LogP) is 0.339. The summed E-state index contributed by atoms with van der Waals surface area (Å²) in [6, 6.07) is 0. The molecular formula is C17H32N4O3. The Bertz CT molecular complexity index is 424. The van der Waals surface area contributed by atoms with Crippen molar-refractivity contribution in [3.63, 3.8) is 0 Å². The number of nitrogens with two attached hydrogens (primary N) is 1. The number of carbonyl (C=O) groups excluding carboxylic acids is 3. The molecule has 0 aromatic carbocycles. The lowest BCUT2D eigenvalue weighted by atomic mass is 9.96. The maximum atomic E-state index is 12.3. The second-order valence-corrected chi connectivity index (χ2v) is 6.18. The Labute approximate surface area is 144 Å². The zero-order chi connectivity index (χ0) is 17.9. The zero-order valence-corrected chi connectivity index (χ0v) is 15.1. The van der Waals surface area contributed by atoms with Gasteiger partial charge in [0.2, 0.25) is 17.7 Å². The summed E-state index contributed by atoms with van der Waals surface area (Å²) >= 11 is 0. The van der Waals surface area contributed by atoms with E-state index in [0.29, 0.717) is 58.5 Å². The van der Waals surface area contributed by atoms with Gasteiger partial charge in [0.1, 0.15) is 0 Å². The fraction of sp³-hybridized carbons (Fsp3) is 0.824. The highest BCUT2D eigenvalue weighted by molar-refractivity contribution is 5.82. The molecule has 0 aromatic heterocycles. The fourth-order valence-corrected chi connectivity index (χ4v) is 3.04. The molecule has 0 saturated carbocycles. The molecule has 0 spiro atoms. The molecule has 1 aliphatic heterocycles. The van der Waals surface area contributed by atoms with Gasteiger partial charge in [-0.15, -0.1) is 0 Å². The van der Waals surface area contributed by atoms with E-state index in [4.69, 9.17) is 5.73 Å². The second kappa shape index (κ2) is 11.0. The minimum Gasteiger partial charge on any atom is -0.355 e. The molecule has 1 heterocycles. The standard InChI is InChI=1S/C17H32N4O3/c1-3-20(4-2)15(22)8-5-9-16(23)21-12-6-7-14(13-21)17(24)19-11-10-18/h14H,3-13,18H2,1-2H3,(H,19,24). The van der Waals surface area contributed by atoms with E-state index in [9.17, 15) is 14.4 Å². The largest absolute Gasteiger partial charge is 0.355 e. The van der Waals surface area contributed by atoms with Crippen LogP contribution in [0.5, 0.6) is 0 Å². The minimum absolute atomic E-state index is 0.0188. The van der Waals surface area contributed by atoms with E-state index in [0.717, 1.165) is 12.8 Å². The number of hydrogen-bond donors (Lipinski definition) is 2. The summed E-state index contributed by atoms with van der Waals surface area (Å²) in [7, 11) is 0. The Morgan fingerprint density at radius 1 is 1.21 bits per heavy atom. The molecule has 0 aromatic rings. The van der Waals surface area contributed by atoms with Crippen LogP contribution < -0.4 is 11.1 Å². The Balaban J connectivity index is 2.36. The zero-order valence-electron chi connectivity index (χ0n) is 15.1. The topological polar surface area (TPSA) is 95.7 Å². The number of nitrogens with one attached hydrogen (secondary N) is 1. The fourth-order valence-electron chi connectivity index (χ4n) is 3.04. The van der Waals surface area contributed by atoms with Gasteiger partial charge in [-0.05, 0) is 33.1 Å². The Morgan fingerprint density at radius 2 is 1.92 bits per heavy atom. The van der Waals surface area contributed by atoms with E-state index in [1.54, 1.807) is 9.80 Å². The van der Waals surface area contributed by atoms with Crippen LogP contribution in [0.2, 0.25) is 0 Å². The van der Waals surface area contributed by atoms with Crippen LogP contribution in [0, 0.1) is 5.92 Å². The monoisotopic (exact) mass is 340 g/mol. The summed E-state index contributed by atoms with van der Waals surface area (Å²) in [4.78, 5) is 39.8. The smallest absolute Gasteiger partial charge is 0.224 e. The molecule has 1 saturated heterocycles. The lowest BCUT2D eigenvalue weighted by Gasteiger charge is -2.32. The number of rotatable bonds is 9. The summed E-state index contributed by atoms with van der Waals surface area (Å²) in [5.74, 6) is -0.0228. The molecule has 1 fully saturated rings. The summed E-state index contributed by atoms with van der Waals surface area (Å²) < 4.78 is 0. The molecule has 7 heteroatoms. The molecule has 0 bridgehead atoms. The summed E-state index contributed by atoms with van der Waals surface area (Å²) in [6.45, 7) is 7.37. The van der Waals surface area contributed by atoms with Crippen LogP contribution in [0.1, 0.15) is 46.0 Å². The maximum Gasteiger partial charge on any atom is 0.224 e. The molecule has 3 N–H and O–H groups in total. The average Bonchev–Trinajstić information content (AvgIpc) is 2.60. The molecule has 3 amide bonds. The first kappa shape index (κ1) is 20.4. The highest BCUT2D eigenvalue weighted by atomic mass is 16.2. The van der Waals surface area contributed by atoms with Crippen LogP contribution >= 0.6 is 0 Å². The van der Waals surface area contributed by atoms with Gasteiger partial charge in [0.15, 0.2) is 0 Å². The van der Waals surface area contributed by atoms with Crippen molar-refractivity contribution in [3.05, 3.63) is 0 Å². The Morgan fingerprint density at radius 3 is 2.54 bits per heavy atom. The van der Waals surface area contributed by atoms with Crippen molar-refractivity contribution in [2.24, 2.45) is 11.7 Å². The molecule has 1 atom stereocenters. The molecule has 24 heavy (non-hydrogen) atoms. The van der Waals surface area contributed by atoms with Crippen LogP contribution in [0.3, 0.4) is 0 Å². The van der Waals surface area contributed by atoms with Gasteiger partial charge in [-0.1, -0.05) is 0 Å². The maximum absolute atomic E-state index is 12.3. The number of amides is 3. The number of hydrogen-bond acceptors (Lipinski definition) is 4. The molecular weight excluding hydrogens is 308 g/mol. The van der Waals surface area contributed by atoms with Crippen LogP contribution in [0.15, 0.2) is 0 Å². The van der Waals surface area contributed by atoms with Crippen LogP contribution in [0.25, 0.3) is 0 Å². The predicted molar refractivity (Wildman–Crippen MR) is 93.1 cm³/mol. The number of piperidine rings is 1. The van der Waals surface area contributed by atoms with Gasteiger partial charge in [-0.3, -0.25) is 14.4 Å². The van der Waals surface area contributed by atoms with Gasteiger partial charge in [0.25, 0.3) is 0 Å². The highest BCUT2D eigenvalue weighted by Crippen LogP contribution is 2.18. The normalized spacial score (nSPS) is 17.5. The first-order valence-electron chi connectivity index (χ1n) is 9.06. The minimum atomic E-state index is -0.147. The van der Waals surface area contributed by atoms with Gasteiger partial charge in [0, 0.05) is 52.1 Å².